The van der Waals surface area contributed by atoms with E-state index in [9.17, 15) is 13.2 Å². The molecule has 112 valence electrons. The van der Waals surface area contributed by atoms with E-state index in [4.69, 9.17) is 5.11 Å². The maximum Gasteiger partial charge on any atom is 0.321 e. The van der Waals surface area contributed by atoms with Crippen LogP contribution >= 0.6 is 0 Å². The predicted octanol–water partition coefficient (Wildman–Crippen LogP) is 1.99. The minimum Gasteiger partial charge on any atom is -0.480 e. The van der Waals surface area contributed by atoms with Crippen molar-refractivity contribution < 1.29 is 18.3 Å². The highest BCUT2D eigenvalue weighted by molar-refractivity contribution is 7.89. The lowest BCUT2D eigenvalue weighted by Crippen LogP contribution is -2.45. The number of hydrogen-bond acceptors (Lipinski definition) is 3. The minimum atomic E-state index is -3.50. The van der Waals surface area contributed by atoms with E-state index < -0.39 is 22.0 Å². The Morgan fingerprint density at radius 1 is 1.26 bits per heavy atom. The van der Waals surface area contributed by atoms with Gasteiger partial charge in [0.1, 0.15) is 6.04 Å². The zero-order valence-electron chi connectivity index (χ0n) is 11.8. The lowest BCUT2D eigenvalue weighted by atomic mass is 9.88. The molecule has 1 saturated carbocycles. The second-order valence-corrected chi connectivity index (χ2v) is 7.66. The first-order valence-corrected chi connectivity index (χ1v) is 8.70. The van der Waals surface area contributed by atoms with E-state index in [0.29, 0.717) is 12.3 Å². The van der Waals surface area contributed by atoms with Crippen LogP contribution in [0.4, 0.5) is 0 Å². The van der Waals surface area contributed by atoms with Gasteiger partial charge in [0.05, 0.1) is 5.75 Å². The van der Waals surface area contributed by atoms with Crippen LogP contribution < -0.4 is 4.72 Å². The van der Waals surface area contributed by atoms with Gasteiger partial charge in [-0.3, -0.25) is 4.79 Å². The lowest BCUT2D eigenvalue weighted by Gasteiger charge is -2.22. The van der Waals surface area contributed by atoms with Gasteiger partial charge in [0.15, 0.2) is 0 Å². The summed E-state index contributed by atoms with van der Waals surface area (Å²) >= 11 is 0. The number of rotatable bonds is 7. The molecular weight excluding hydrogens is 266 g/mol. The van der Waals surface area contributed by atoms with Crippen molar-refractivity contribution in [1.29, 1.82) is 0 Å². The molecule has 0 aromatic carbocycles. The monoisotopic (exact) mass is 291 g/mol. The van der Waals surface area contributed by atoms with Gasteiger partial charge in [-0.05, 0) is 18.3 Å². The molecule has 0 saturated heterocycles. The first-order valence-electron chi connectivity index (χ1n) is 7.04. The molecule has 2 N–H and O–H groups in total. The van der Waals surface area contributed by atoms with E-state index >= 15 is 0 Å². The van der Waals surface area contributed by atoms with Gasteiger partial charge in [0, 0.05) is 0 Å². The van der Waals surface area contributed by atoms with Crippen LogP contribution in [-0.4, -0.2) is 31.3 Å². The molecule has 0 aliphatic heterocycles. The van der Waals surface area contributed by atoms with Crippen LogP contribution in [0.3, 0.4) is 0 Å². The molecule has 0 bridgehead atoms. The fraction of sp³-hybridized carbons (Fsp3) is 0.923. The molecule has 1 aliphatic rings. The molecule has 5 nitrogen and oxygen atoms in total. The van der Waals surface area contributed by atoms with Gasteiger partial charge in [-0.1, -0.05) is 46.0 Å². The van der Waals surface area contributed by atoms with Gasteiger partial charge in [0.2, 0.25) is 10.0 Å². The number of sulfonamides is 1. The maximum atomic E-state index is 11.9. The van der Waals surface area contributed by atoms with Crippen LogP contribution in [0.15, 0.2) is 0 Å². The summed E-state index contributed by atoms with van der Waals surface area (Å²) in [5.74, 6) is -0.861. The molecular formula is C13H25NO4S. The molecule has 0 aromatic heterocycles. The van der Waals surface area contributed by atoms with E-state index in [1.165, 1.54) is 19.3 Å². The van der Waals surface area contributed by atoms with Crippen LogP contribution in [0.2, 0.25) is 0 Å². The number of carboxylic acids is 1. The van der Waals surface area contributed by atoms with Crippen molar-refractivity contribution in [1.82, 2.24) is 4.72 Å². The van der Waals surface area contributed by atoms with E-state index in [1.807, 2.05) is 0 Å². The van der Waals surface area contributed by atoms with Crippen LogP contribution in [0.1, 0.15) is 52.4 Å². The number of carboxylic acid groups (broad SMARTS) is 1. The molecule has 0 radical (unpaired) electrons. The molecule has 0 heterocycles. The highest BCUT2D eigenvalue weighted by atomic mass is 32.2. The van der Waals surface area contributed by atoms with Gasteiger partial charge < -0.3 is 5.11 Å². The average molecular weight is 291 g/mol. The fourth-order valence-corrected chi connectivity index (χ4v) is 4.04. The van der Waals surface area contributed by atoms with Gasteiger partial charge in [-0.15, -0.1) is 0 Å². The van der Waals surface area contributed by atoms with E-state index in [-0.39, 0.29) is 11.7 Å². The molecule has 0 amide bonds. The van der Waals surface area contributed by atoms with E-state index in [0.717, 1.165) is 12.8 Å². The summed E-state index contributed by atoms with van der Waals surface area (Å²) in [4.78, 5) is 11.0. The Kier molecular flexibility index (Phi) is 6.26. The van der Waals surface area contributed by atoms with Gasteiger partial charge >= 0.3 is 5.97 Å². The van der Waals surface area contributed by atoms with Crippen LogP contribution in [-0.2, 0) is 14.8 Å². The van der Waals surface area contributed by atoms with E-state index in [2.05, 4.69) is 4.72 Å². The summed E-state index contributed by atoms with van der Waals surface area (Å²) < 4.78 is 26.1. The molecule has 1 atom stereocenters. The topological polar surface area (TPSA) is 83.5 Å². The standard InChI is InChI=1S/C13H25NO4S/c1-10(2)12(13(15)16)14-19(17,18)9-8-11-6-4-3-5-7-11/h10-12,14H,3-9H2,1-2H3,(H,15,16). The Morgan fingerprint density at radius 3 is 2.32 bits per heavy atom. The third kappa shape index (κ3) is 5.91. The quantitative estimate of drug-likeness (QED) is 0.751. The third-order valence-corrected chi connectivity index (χ3v) is 5.15. The third-order valence-electron chi connectivity index (χ3n) is 3.76. The van der Waals surface area contributed by atoms with Gasteiger partial charge in [0.25, 0.3) is 0 Å². The van der Waals surface area contributed by atoms with Crippen molar-refractivity contribution in [2.75, 3.05) is 5.75 Å². The Morgan fingerprint density at radius 2 is 1.84 bits per heavy atom. The molecule has 1 rings (SSSR count). The molecule has 1 fully saturated rings. The molecule has 6 heteroatoms. The molecule has 1 aliphatic carbocycles. The summed E-state index contributed by atoms with van der Waals surface area (Å²) in [5, 5.41) is 9.00. The zero-order chi connectivity index (χ0) is 14.5. The zero-order valence-corrected chi connectivity index (χ0v) is 12.6. The number of aliphatic carboxylic acids is 1. The molecule has 19 heavy (non-hydrogen) atoms. The summed E-state index contributed by atoms with van der Waals surface area (Å²) in [6.07, 6.45) is 6.45. The van der Waals surface area contributed by atoms with Gasteiger partial charge in [-0.2, -0.15) is 0 Å². The predicted molar refractivity (Wildman–Crippen MR) is 74.4 cm³/mol. The number of carbonyl (C=O) groups is 1. The first kappa shape index (κ1) is 16.4. The minimum absolute atomic E-state index is 0.0359. The summed E-state index contributed by atoms with van der Waals surface area (Å²) in [6, 6.07) is -1.03. The first-order chi connectivity index (χ1) is 8.82. The van der Waals surface area contributed by atoms with Crippen LogP contribution in [0.25, 0.3) is 0 Å². The van der Waals surface area contributed by atoms with Crippen molar-refractivity contribution in [3.05, 3.63) is 0 Å². The highest BCUT2D eigenvalue weighted by Crippen LogP contribution is 2.26. The van der Waals surface area contributed by atoms with Crippen molar-refractivity contribution in [3.8, 4) is 0 Å². The Hall–Kier alpha value is -0.620. The average Bonchev–Trinajstić information content (AvgIpc) is 2.34. The molecule has 0 spiro atoms. The summed E-state index contributed by atoms with van der Waals surface area (Å²) in [5.41, 5.74) is 0. The maximum absolute atomic E-state index is 11.9. The summed E-state index contributed by atoms with van der Waals surface area (Å²) in [6.45, 7) is 3.39. The lowest BCUT2D eigenvalue weighted by molar-refractivity contribution is -0.140. The SMILES string of the molecule is CC(C)C(NS(=O)(=O)CCC1CCCCC1)C(=O)O. The Bertz CT molecular complexity index is 385. The Balaban J connectivity index is 2.48. The normalized spacial score (nSPS) is 19.5. The van der Waals surface area contributed by atoms with Crippen molar-refractivity contribution in [2.24, 2.45) is 11.8 Å². The van der Waals surface area contributed by atoms with Crippen molar-refractivity contribution in [3.63, 3.8) is 0 Å². The largest absolute Gasteiger partial charge is 0.480 e. The molecule has 1 unspecified atom stereocenters. The van der Waals surface area contributed by atoms with Gasteiger partial charge in [-0.25, -0.2) is 13.1 Å². The smallest absolute Gasteiger partial charge is 0.321 e. The van der Waals surface area contributed by atoms with Crippen molar-refractivity contribution >= 4 is 16.0 Å². The van der Waals surface area contributed by atoms with Crippen molar-refractivity contribution in [2.45, 2.75) is 58.4 Å². The number of nitrogens with one attached hydrogen (secondary N) is 1. The Labute approximate surface area is 115 Å². The molecule has 0 aromatic rings. The highest BCUT2D eigenvalue weighted by Gasteiger charge is 2.27. The van der Waals surface area contributed by atoms with Crippen LogP contribution in [0, 0.1) is 11.8 Å². The summed E-state index contributed by atoms with van der Waals surface area (Å²) in [7, 11) is -3.50. The van der Waals surface area contributed by atoms with Crippen LogP contribution in [0.5, 0.6) is 0 Å². The second kappa shape index (κ2) is 7.24. The second-order valence-electron chi connectivity index (χ2n) is 5.79. The van der Waals surface area contributed by atoms with E-state index in [1.54, 1.807) is 13.8 Å². The number of hydrogen-bond donors (Lipinski definition) is 2. The fourth-order valence-electron chi connectivity index (χ4n) is 2.52.